The van der Waals surface area contributed by atoms with Crippen LogP contribution in [0, 0.1) is 5.92 Å². The lowest BCUT2D eigenvalue weighted by Crippen LogP contribution is -2.38. The Hall–Kier alpha value is -0.530. The molecule has 0 aromatic rings. The molecule has 1 saturated carbocycles. The summed E-state index contributed by atoms with van der Waals surface area (Å²) >= 11 is 0. The average Bonchev–Trinajstić information content (AvgIpc) is 2.98. The molecule has 0 bridgehead atoms. The Kier molecular flexibility index (Phi) is 12.8. The van der Waals surface area contributed by atoms with Crippen molar-refractivity contribution in [3.63, 3.8) is 0 Å². The Balaban J connectivity index is 0.00000400. The zero-order valence-corrected chi connectivity index (χ0v) is 15.7. The first-order valence-corrected chi connectivity index (χ1v) is 7.77. The van der Waals surface area contributed by atoms with Crippen LogP contribution in [0.1, 0.15) is 51.4 Å². The second-order valence-corrected chi connectivity index (χ2v) is 5.40. The number of hydrogen-bond acceptors (Lipinski definition) is 3. The van der Waals surface area contributed by atoms with Gasteiger partial charge in [0.2, 0.25) is 0 Å². The Morgan fingerprint density at radius 1 is 1.19 bits per heavy atom. The highest BCUT2D eigenvalue weighted by Crippen LogP contribution is 2.28. The maximum absolute atomic E-state index is 11.0. The SMILES string of the molecule is CN=C(NCCCCC1CCCC1)NCCC(=O)OC.I. The van der Waals surface area contributed by atoms with Crippen LogP contribution in [-0.2, 0) is 9.53 Å². The van der Waals surface area contributed by atoms with Crippen molar-refractivity contribution in [1.29, 1.82) is 0 Å². The van der Waals surface area contributed by atoms with Gasteiger partial charge in [0.1, 0.15) is 0 Å². The van der Waals surface area contributed by atoms with Crippen molar-refractivity contribution in [3.05, 3.63) is 0 Å². The van der Waals surface area contributed by atoms with Crippen molar-refractivity contribution in [2.24, 2.45) is 10.9 Å². The van der Waals surface area contributed by atoms with E-state index in [1.54, 1.807) is 7.05 Å². The van der Waals surface area contributed by atoms with Gasteiger partial charge in [0.05, 0.1) is 13.5 Å². The minimum atomic E-state index is -0.204. The molecule has 6 heteroatoms. The van der Waals surface area contributed by atoms with Crippen LogP contribution in [-0.4, -0.2) is 39.2 Å². The van der Waals surface area contributed by atoms with Crippen molar-refractivity contribution in [3.8, 4) is 0 Å². The van der Waals surface area contributed by atoms with E-state index in [2.05, 4.69) is 20.4 Å². The van der Waals surface area contributed by atoms with Gasteiger partial charge in [-0.15, -0.1) is 24.0 Å². The number of halogens is 1. The molecule has 1 rings (SSSR count). The molecule has 1 aliphatic rings. The van der Waals surface area contributed by atoms with Crippen molar-refractivity contribution >= 4 is 35.9 Å². The minimum absolute atomic E-state index is 0. The van der Waals surface area contributed by atoms with E-state index in [1.807, 2.05) is 0 Å². The first-order valence-electron chi connectivity index (χ1n) is 7.77. The van der Waals surface area contributed by atoms with Gasteiger partial charge in [-0.2, -0.15) is 0 Å². The molecule has 0 unspecified atom stereocenters. The van der Waals surface area contributed by atoms with Crippen LogP contribution in [0.3, 0.4) is 0 Å². The van der Waals surface area contributed by atoms with Gasteiger partial charge in [0.15, 0.2) is 5.96 Å². The number of rotatable bonds is 8. The van der Waals surface area contributed by atoms with E-state index in [0.717, 1.165) is 18.4 Å². The fraction of sp³-hybridized carbons (Fsp3) is 0.867. The zero-order valence-electron chi connectivity index (χ0n) is 13.3. The van der Waals surface area contributed by atoms with Crippen LogP contribution in [0.5, 0.6) is 0 Å². The predicted octanol–water partition coefficient (Wildman–Crippen LogP) is 2.69. The molecule has 0 radical (unpaired) electrons. The number of carbonyl (C=O) groups excluding carboxylic acids is 1. The lowest BCUT2D eigenvalue weighted by molar-refractivity contribution is -0.140. The second kappa shape index (κ2) is 13.2. The molecule has 0 amide bonds. The number of methoxy groups -OCH3 is 1. The van der Waals surface area contributed by atoms with E-state index in [-0.39, 0.29) is 29.9 Å². The lowest BCUT2D eigenvalue weighted by atomic mass is 10.0. The molecule has 0 aliphatic heterocycles. The van der Waals surface area contributed by atoms with E-state index >= 15 is 0 Å². The zero-order chi connectivity index (χ0) is 14.6. The first kappa shape index (κ1) is 20.5. The molecule has 0 aromatic heterocycles. The summed E-state index contributed by atoms with van der Waals surface area (Å²) in [6.07, 6.45) is 9.92. The topological polar surface area (TPSA) is 62.7 Å². The maximum atomic E-state index is 11.0. The first-order chi connectivity index (χ1) is 9.76. The Morgan fingerprint density at radius 3 is 2.48 bits per heavy atom. The van der Waals surface area contributed by atoms with E-state index < -0.39 is 0 Å². The highest BCUT2D eigenvalue weighted by atomic mass is 127. The molecule has 5 nitrogen and oxygen atoms in total. The Morgan fingerprint density at radius 2 is 1.86 bits per heavy atom. The molecular weight excluding hydrogens is 381 g/mol. The molecule has 21 heavy (non-hydrogen) atoms. The van der Waals surface area contributed by atoms with Gasteiger partial charge in [-0.1, -0.05) is 38.5 Å². The summed E-state index contributed by atoms with van der Waals surface area (Å²) in [5.74, 6) is 1.53. The van der Waals surface area contributed by atoms with Crippen LogP contribution >= 0.6 is 24.0 Å². The number of carbonyl (C=O) groups is 1. The molecule has 0 heterocycles. The van der Waals surface area contributed by atoms with Crippen molar-refractivity contribution in [1.82, 2.24) is 10.6 Å². The monoisotopic (exact) mass is 411 g/mol. The van der Waals surface area contributed by atoms with Gasteiger partial charge in [-0.25, -0.2) is 0 Å². The maximum Gasteiger partial charge on any atom is 0.307 e. The summed E-state index contributed by atoms with van der Waals surface area (Å²) in [6.45, 7) is 1.49. The number of nitrogens with one attached hydrogen (secondary N) is 2. The van der Waals surface area contributed by atoms with Crippen molar-refractivity contribution in [2.45, 2.75) is 51.4 Å². The van der Waals surface area contributed by atoms with Crippen LogP contribution in [0.25, 0.3) is 0 Å². The van der Waals surface area contributed by atoms with Crippen molar-refractivity contribution < 1.29 is 9.53 Å². The smallest absolute Gasteiger partial charge is 0.307 e. The highest BCUT2D eigenvalue weighted by Gasteiger charge is 2.13. The molecule has 124 valence electrons. The van der Waals surface area contributed by atoms with Crippen LogP contribution < -0.4 is 10.6 Å². The number of unbranched alkanes of at least 4 members (excludes halogenated alkanes) is 1. The highest BCUT2D eigenvalue weighted by molar-refractivity contribution is 14.0. The molecule has 0 spiro atoms. The number of hydrogen-bond donors (Lipinski definition) is 2. The quantitative estimate of drug-likeness (QED) is 0.212. The van der Waals surface area contributed by atoms with Gasteiger partial charge < -0.3 is 15.4 Å². The number of esters is 1. The normalized spacial score (nSPS) is 15.4. The lowest BCUT2D eigenvalue weighted by Gasteiger charge is -2.12. The minimum Gasteiger partial charge on any atom is -0.469 e. The number of ether oxygens (including phenoxy) is 1. The number of aliphatic imine (C=N–C) groups is 1. The molecular formula is C15H30IN3O2. The summed E-state index contributed by atoms with van der Waals surface area (Å²) in [7, 11) is 3.14. The fourth-order valence-electron chi connectivity index (χ4n) is 2.67. The molecule has 0 atom stereocenters. The van der Waals surface area contributed by atoms with Gasteiger partial charge >= 0.3 is 5.97 Å². The van der Waals surface area contributed by atoms with Crippen molar-refractivity contribution in [2.75, 3.05) is 27.2 Å². The third-order valence-corrected chi connectivity index (χ3v) is 3.88. The summed E-state index contributed by atoms with van der Waals surface area (Å²) in [5.41, 5.74) is 0. The summed E-state index contributed by atoms with van der Waals surface area (Å²) in [4.78, 5) is 15.1. The largest absolute Gasteiger partial charge is 0.469 e. The fourth-order valence-corrected chi connectivity index (χ4v) is 2.67. The predicted molar refractivity (Wildman–Crippen MR) is 97.2 cm³/mol. The molecule has 0 aromatic carbocycles. The van der Waals surface area contributed by atoms with Gasteiger partial charge in [0.25, 0.3) is 0 Å². The average molecular weight is 411 g/mol. The van der Waals surface area contributed by atoms with E-state index in [9.17, 15) is 4.79 Å². The summed E-state index contributed by atoms with van der Waals surface area (Å²) < 4.78 is 4.59. The second-order valence-electron chi connectivity index (χ2n) is 5.40. The molecule has 1 aliphatic carbocycles. The van der Waals surface area contributed by atoms with Gasteiger partial charge in [-0.3, -0.25) is 9.79 Å². The van der Waals surface area contributed by atoms with E-state index in [4.69, 9.17) is 0 Å². The number of nitrogens with zero attached hydrogens (tertiary/aromatic N) is 1. The Labute approximate surface area is 145 Å². The van der Waals surface area contributed by atoms with Crippen LogP contribution in [0.15, 0.2) is 4.99 Å². The van der Waals surface area contributed by atoms with Gasteiger partial charge in [0, 0.05) is 20.1 Å². The van der Waals surface area contributed by atoms with Gasteiger partial charge in [-0.05, 0) is 12.3 Å². The molecule has 1 fully saturated rings. The number of guanidine groups is 1. The van der Waals surface area contributed by atoms with Crippen LogP contribution in [0.2, 0.25) is 0 Å². The Bertz CT molecular complexity index is 305. The van der Waals surface area contributed by atoms with E-state index in [0.29, 0.717) is 13.0 Å². The molecule has 0 saturated heterocycles. The third-order valence-electron chi connectivity index (χ3n) is 3.88. The standard InChI is InChI=1S/C15H29N3O2.HI/c1-16-15(18-12-10-14(19)20-2)17-11-6-5-9-13-7-3-4-8-13;/h13H,3-12H2,1-2H3,(H2,16,17,18);1H. The van der Waals surface area contributed by atoms with Crippen LogP contribution in [0.4, 0.5) is 0 Å². The summed E-state index contributed by atoms with van der Waals surface area (Å²) in [6, 6.07) is 0. The summed E-state index contributed by atoms with van der Waals surface area (Å²) in [5, 5.41) is 6.38. The molecule has 2 N–H and O–H groups in total. The van der Waals surface area contributed by atoms with E-state index in [1.165, 1.54) is 52.1 Å². The third kappa shape index (κ3) is 9.92.